The molecule has 1 aliphatic heterocycles. The summed E-state index contributed by atoms with van der Waals surface area (Å²) in [5.41, 5.74) is 2.46. The maximum atomic E-state index is 9.69. The van der Waals surface area contributed by atoms with Crippen LogP contribution in [0, 0.1) is 5.92 Å². The van der Waals surface area contributed by atoms with E-state index in [1.165, 1.54) is 11.1 Å². The molecule has 94 valence electrons. The largest absolute Gasteiger partial charge is 0.395 e. The monoisotopic (exact) mass is 234 g/mol. The van der Waals surface area contributed by atoms with E-state index in [4.69, 9.17) is 4.74 Å². The minimum Gasteiger partial charge on any atom is -0.395 e. The Morgan fingerprint density at radius 3 is 2.35 bits per heavy atom. The molecule has 2 rings (SSSR count). The first-order valence-corrected chi connectivity index (χ1v) is 6.46. The predicted molar refractivity (Wildman–Crippen MR) is 69.2 cm³/mol. The van der Waals surface area contributed by atoms with E-state index >= 15 is 0 Å². The second kappa shape index (κ2) is 5.19. The SMILES string of the molecule is CCc1ccc(C(C)(CO)CC2COC2)cc1. The molecular weight excluding hydrogens is 212 g/mol. The molecule has 0 bridgehead atoms. The minimum absolute atomic E-state index is 0.124. The van der Waals surface area contributed by atoms with Crippen LogP contribution in [0.4, 0.5) is 0 Å². The molecule has 1 saturated heterocycles. The van der Waals surface area contributed by atoms with Crippen molar-refractivity contribution in [2.75, 3.05) is 19.8 Å². The van der Waals surface area contributed by atoms with E-state index in [1.54, 1.807) is 0 Å². The van der Waals surface area contributed by atoms with E-state index in [2.05, 4.69) is 38.1 Å². The van der Waals surface area contributed by atoms with Crippen molar-refractivity contribution >= 4 is 0 Å². The second-order valence-electron chi connectivity index (χ2n) is 5.38. The summed E-state index contributed by atoms with van der Waals surface area (Å²) >= 11 is 0. The molecule has 1 N–H and O–H groups in total. The first-order chi connectivity index (χ1) is 8.18. The first kappa shape index (κ1) is 12.6. The zero-order valence-electron chi connectivity index (χ0n) is 10.8. The lowest BCUT2D eigenvalue weighted by atomic mass is 9.75. The van der Waals surface area contributed by atoms with E-state index in [1.807, 2.05) is 0 Å². The van der Waals surface area contributed by atoms with E-state index in [9.17, 15) is 5.11 Å². The highest BCUT2D eigenvalue weighted by Gasteiger charge is 2.32. The maximum absolute atomic E-state index is 9.69. The van der Waals surface area contributed by atoms with Gasteiger partial charge in [-0.05, 0) is 24.0 Å². The summed E-state index contributed by atoms with van der Waals surface area (Å²) in [5, 5.41) is 9.69. The number of aliphatic hydroxyl groups is 1. The molecule has 0 aromatic heterocycles. The highest BCUT2D eigenvalue weighted by atomic mass is 16.5. The lowest BCUT2D eigenvalue weighted by Crippen LogP contribution is -2.37. The van der Waals surface area contributed by atoms with Crippen LogP contribution in [0.1, 0.15) is 31.4 Å². The fraction of sp³-hybridized carbons (Fsp3) is 0.600. The Balaban J connectivity index is 2.13. The van der Waals surface area contributed by atoms with E-state index in [-0.39, 0.29) is 12.0 Å². The van der Waals surface area contributed by atoms with Gasteiger partial charge >= 0.3 is 0 Å². The van der Waals surface area contributed by atoms with Gasteiger partial charge in [-0.25, -0.2) is 0 Å². The standard InChI is InChI=1S/C15H22O2/c1-3-12-4-6-14(7-5-12)15(2,11-16)8-13-9-17-10-13/h4-7,13,16H,3,8-11H2,1-2H3. The van der Waals surface area contributed by atoms with Crippen molar-refractivity contribution < 1.29 is 9.84 Å². The Labute approximate surface area is 104 Å². The van der Waals surface area contributed by atoms with Gasteiger partial charge in [0.25, 0.3) is 0 Å². The van der Waals surface area contributed by atoms with Gasteiger partial charge in [-0.3, -0.25) is 0 Å². The quantitative estimate of drug-likeness (QED) is 0.848. The molecular formula is C15H22O2. The lowest BCUT2D eigenvalue weighted by molar-refractivity contribution is -0.0485. The van der Waals surface area contributed by atoms with Crippen molar-refractivity contribution in [3.8, 4) is 0 Å². The van der Waals surface area contributed by atoms with E-state index in [0.717, 1.165) is 26.1 Å². The van der Waals surface area contributed by atoms with Gasteiger partial charge in [0, 0.05) is 11.3 Å². The summed E-state index contributed by atoms with van der Waals surface area (Å²) in [6.07, 6.45) is 2.07. The lowest BCUT2D eigenvalue weighted by Gasteiger charge is -2.36. The maximum Gasteiger partial charge on any atom is 0.0525 e. The summed E-state index contributed by atoms with van der Waals surface area (Å²) in [6.45, 7) is 6.21. The Kier molecular flexibility index (Phi) is 3.85. The smallest absolute Gasteiger partial charge is 0.0525 e. The summed E-state index contributed by atoms with van der Waals surface area (Å²) in [7, 11) is 0. The van der Waals surface area contributed by atoms with Crippen LogP contribution >= 0.6 is 0 Å². The molecule has 1 unspecified atom stereocenters. The molecule has 2 heteroatoms. The fourth-order valence-electron chi connectivity index (χ4n) is 2.46. The van der Waals surface area contributed by atoms with Crippen molar-refractivity contribution in [1.29, 1.82) is 0 Å². The van der Waals surface area contributed by atoms with Gasteiger partial charge in [-0.1, -0.05) is 38.1 Å². The van der Waals surface area contributed by atoms with E-state index in [0.29, 0.717) is 5.92 Å². The van der Waals surface area contributed by atoms with Gasteiger partial charge in [-0.15, -0.1) is 0 Å². The molecule has 0 aliphatic carbocycles. The normalized spacial score (nSPS) is 19.7. The van der Waals surface area contributed by atoms with Crippen LogP contribution in [0.2, 0.25) is 0 Å². The van der Waals surface area contributed by atoms with Crippen molar-refractivity contribution in [2.45, 2.75) is 32.1 Å². The van der Waals surface area contributed by atoms with Crippen molar-refractivity contribution in [3.63, 3.8) is 0 Å². The number of hydrogen-bond acceptors (Lipinski definition) is 2. The van der Waals surface area contributed by atoms with Gasteiger partial charge in [0.2, 0.25) is 0 Å². The van der Waals surface area contributed by atoms with E-state index < -0.39 is 0 Å². The number of hydrogen-bond donors (Lipinski definition) is 1. The highest BCUT2D eigenvalue weighted by Crippen LogP contribution is 2.33. The molecule has 1 fully saturated rings. The van der Waals surface area contributed by atoms with Crippen LogP contribution in [-0.2, 0) is 16.6 Å². The van der Waals surface area contributed by atoms with Crippen molar-refractivity contribution in [1.82, 2.24) is 0 Å². The molecule has 0 amide bonds. The molecule has 0 radical (unpaired) electrons. The van der Waals surface area contributed by atoms with Crippen LogP contribution in [0.5, 0.6) is 0 Å². The molecule has 17 heavy (non-hydrogen) atoms. The van der Waals surface area contributed by atoms with Crippen LogP contribution in [0.25, 0.3) is 0 Å². The third kappa shape index (κ3) is 2.70. The zero-order valence-corrected chi connectivity index (χ0v) is 10.8. The molecule has 1 aliphatic rings. The number of aryl methyl sites for hydroxylation is 1. The topological polar surface area (TPSA) is 29.5 Å². The Morgan fingerprint density at radius 2 is 1.94 bits per heavy atom. The Hall–Kier alpha value is -0.860. The number of rotatable bonds is 5. The average molecular weight is 234 g/mol. The third-order valence-electron chi connectivity index (χ3n) is 3.85. The summed E-state index contributed by atoms with van der Waals surface area (Å²) in [5.74, 6) is 0.609. The Morgan fingerprint density at radius 1 is 1.29 bits per heavy atom. The van der Waals surface area contributed by atoms with Crippen LogP contribution in [-0.4, -0.2) is 24.9 Å². The molecule has 1 aromatic rings. The van der Waals surface area contributed by atoms with Crippen molar-refractivity contribution in [2.24, 2.45) is 5.92 Å². The second-order valence-corrected chi connectivity index (χ2v) is 5.38. The molecule has 1 aromatic carbocycles. The predicted octanol–water partition coefficient (Wildman–Crippen LogP) is 2.54. The van der Waals surface area contributed by atoms with Crippen molar-refractivity contribution in [3.05, 3.63) is 35.4 Å². The molecule has 0 spiro atoms. The fourth-order valence-corrected chi connectivity index (χ4v) is 2.46. The van der Waals surface area contributed by atoms with Crippen LogP contribution < -0.4 is 0 Å². The summed E-state index contributed by atoms with van der Waals surface area (Å²) in [4.78, 5) is 0. The van der Waals surface area contributed by atoms with Crippen LogP contribution in [0.15, 0.2) is 24.3 Å². The van der Waals surface area contributed by atoms with Gasteiger partial charge in [0.1, 0.15) is 0 Å². The molecule has 2 nitrogen and oxygen atoms in total. The first-order valence-electron chi connectivity index (χ1n) is 6.46. The van der Waals surface area contributed by atoms with Gasteiger partial charge in [0.05, 0.1) is 19.8 Å². The highest BCUT2D eigenvalue weighted by molar-refractivity contribution is 5.29. The van der Waals surface area contributed by atoms with Crippen LogP contribution in [0.3, 0.4) is 0 Å². The molecule has 1 atom stereocenters. The molecule has 0 saturated carbocycles. The number of ether oxygens (including phenoxy) is 1. The summed E-state index contributed by atoms with van der Waals surface area (Å²) in [6, 6.07) is 8.66. The molecule has 1 heterocycles. The minimum atomic E-state index is -0.124. The number of aliphatic hydroxyl groups excluding tert-OH is 1. The average Bonchev–Trinajstić information content (AvgIpc) is 2.34. The zero-order chi connectivity index (χ0) is 12.3. The summed E-state index contributed by atoms with van der Waals surface area (Å²) < 4.78 is 5.22. The van der Waals surface area contributed by atoms with Gasteiger partial charge in [-0.2, -0.15) is 0 Å². The number of benzene rings is 1. The third-order valence-corrected chi connectivity index (χ3v) is 3.85. The van der Waals surface area contributed by atoms with Gasteiger partial charge in [0.15, 0.2) is 0 Å². The Bertz CT molecular complexity index is 354. The van der Waals surface area contributed by atoms with Gasteiger partial charge < -0.3 is 9.84 Å².